The molecule has 0 spiro atoms. The van der Waals surface area contributed by atoms with Gasteiger partial charge in [0.15, 0.2) is 0 Å². The molecule has 1 aliphatic carbocycles. The smallest absolute Gasteiger partial charge is 0.490 e. The Hall–Kier alpha value is -4.00. The summed E-state index contributed by atoms with van der Waals surface area (Å²) in [5.74, 6) is -0.692. The molecule has 6 rings (SSSR count). The molecule has 258 valence electrons. The highest BCUT2D eigenvalue weighted by atomic mass is 35.5. The standard InChI is InChI=1S/C33H40ClN5O2.C2HF3O2/c1-40-31-20-32(41-2)29(34)19-28(31)30-23-39-13-12-27(18-33(39)36-30)35-26-10-8-25(9-11-26)22-38-16-14-37(15-17-38)21-24-6-4-3-5-7-24;3-2(4,5)1(6)7/h3-7,12-13,18-20,23,25-26,35H,8-11,14-17,21-22H2,1-2H3;(H,6,7). The van der Waals surface area contributed by atoms with Gasteiger partial charge in [0.2, 0.25) is 0 Å². The van der Waals surface area contributed by atoms with Gasteiger partial charge in [-0.1, -0.05) is 41.9 Å². The lowest BCUT2D eigenvalue weighted by Crippen LogP contribution is -2.47. The molecule has 0 radical (unpaired) electrons. The molecule has 2 aliphatic rings. The van der Waals surface area contributed by atoms with E-state index in [4.69, 9.17) is 36.0 Å². The van der Waals surface area contributed by atoms with E-state index < -0.39 is 12.1 Å². The Kier molecular flexibility index (Phi) is 11.7. The average Bonchev–Trinajstić information content (AvgIpc) is 3.50. The number of halogens is 4. The first-order chi connectivity index (χ1) is 23.0. The summed E-state index contributed by atoms with van der Waals surface area (Å²) in [5, 5.41) is 11.4. The largest absolute Gasteiger partial charge is 0.496 e. The number of rotatable bonds is 9. The Morgan fingerprint density at radius 1 is 0.958 bits per heavy atom. The highest BCUT2D eigenvalue weighted by Gasteiger charge is 2.38. The Morgan fingerprint density at radius 3 is 2.23 bits per heavy atom. The first kappa shape index (κ1) is 35.3. The number of aromatic nitrogens is 2. The van der Waals surface area contributed by atoms with Crippen LogP contribution in [-0.2, 0) is 11.3 Å². The van der Waals surface area contributed by atoms with Crippen LogP contribution in [0.4, 0.5) is 18.9 Å². The maximum atomic E-state index is 10.6. The number of hydrogen-bond donors (Lipinski definition) is 2. The minimum atomic E-state index is -5.08. The van der Waals surface area contributed by atoms with Gasteiger partial charge in [-0.2, -0.15) is 13.2 Å². The summed E-state index contributed by atoms with van der Waals surface area (Å²) in [6.45, 7) is 7.02. The minimum absolute atomic E-state index is 0.506. The molecule has 48 heavy (non-hydrogen) atoms. The predicted molar refractivity (Wildman–Crippen MR) is 180 cm³/mol. The zero-order valence-electron chi connectivity index (χ0n) is 27.0. The molecule has 4 aromatic rings. The van der Waals surface area contributed by atoms with Crippen LogP contribution in [-0.4, -0.2) is 89.4 Å². The highest BCUT2D eigenvalue weighted by Crippen LogP contribution is 2.38. The number of nitrogens with zero attached hydrogens (tertiary/aromatic N) is 4. The van der Waals surface area contributed by atoms with Crippen LogP contribution < -0.4 is 14.8 Å². The van der Waals surface area contributed by atoms with Gasteiger partial charge in [-0.15, -0.1) is 0 Å². The van der Waals surface area contributed by atoms with Crippen LogP contribution in [0, 0.1) is 5.92 Å². The van der Waals surface area contributed by atoms with Crippen molar-refractivity contribution in [2.75, 3.05) is 52.3 Å². The fourth-order valence-corrected chi connectivity index (χ4v) is 6.56. The van der Waals surface area contributed by atoms with Crippen molar-refractivity contribution in [1.82, 2.24) is 19.2 Å². The van der Waals surface area contributed by atoms with Crippen LogP contribution in [0.3, 0.4) is 0 Å². The van der Waals surface area contributed by atoms with E-state index in [-0.39, 0.29) is 0 Å². The van der Waals surface area contributed by atoms with Crippen molar-refractivity contribution in [1.29, 1.82) is 0 Å². The average molecular weight is 688 g/mol. The molecule has 3 heterocycles. The molecule has 1 saturated heterocycles. The number of pyridine rings is 1. The number of carboxylic acids is 1. The van der Waals surface area contributed by atoms with Gasteiger partial charge < -0.3 is 29.2 Å². The van der Waals surface area contributed by atoms with Crippen molar-refractivity contribution in [3.8, 4) is 22.8 Å². The molecule has 0 atom stereocenters. The molecule has 0 bridgehead atoms. The third kappa shape index (κ3) is 9.33. The Labute approximate surface area is 283 Å². The molecule has 2 aromatic carbocycles. The van der Waals surface area contributed by atoms with Crippen LogP contribution >= 0.6 is 11.6 Å². The van der Waals surface area contributed by atoms with Crippen LogP contribution in [0.2, 0.25) is 5.02 Å². The third-order valence-electron chi connectivity index (χ3n) is 8.90. The van der Waals surface area contributed by atoms with E-state index in [1.807, 2.05) is 16.7 Å². The van der Waals surface area contributed by atoms with Crippen molar-refractivity contribution in [2.24, 2.45) is 5.92 Å². The lowest BCUT2D eigenvalue weighted by molar-refractivity contribution is -0.192. The van der Waals surface area contributed by atoms with Crippen LogP contribution in [0.15, 0.2) is 67.0 Å². The van der Waals surface area contributed by atoms with E-state index >= 15 is 0 Å². The topological polar surface area (TPSA) is 91.6 Å². The fraction of sp³-hybridized carbons (Fsp3) is 0.429. The minimum Gasteiger partial charge on any atom is -0.496 e. The number of hydrogen-bond acceptors (Lipinski definition) is 7. The summed E-state index contributed by atoms with van der Waals surface area (Å²) >= 11 is 6.41. The molecule has 13 heteroatoms. The van der Waals surface area contributed by atoms with Gasteiger partial charge in [-0.3, -0.25) is 4.90 Å². The second-order valence-corrected chi connectivity index (χ2v) is 12.6. The van der Waals surface area contributed by atoms with Crippen molar-refractivity contribution >= 4 is 28.9 Å². The summed E-state index contributed by atoms with van der Waals surface area (Å²) in [6, 6.07) is 19.3. The Balaban J connectivity index is 0.000000582. The molecule has 2 aromatic heterocycles. The number of fused-ring (bicyclic) bond motifs is 1. The number of carboxylic acid groups (broad SMARTS) is 1. The van der Waals surface area contributed by atoms with E-state index in [1.165, 1.54) is 64.0 Å². The normalized spacial score (nSPS) is 19.0. The summed E-state index contributed by atoms with van der Waals surface area (Å²) in [4.78, 5) is 19.1. The molecule has 2 fully saturated rings. The van der Waals surface area contributed by atoms with E-state index in [0.29, 0.717) is 22.6 Å². The van der Waals surface area contributed by atoms with Crippen molar-refractivity contribution in [3.63, 3.8) is 0 Å². The molecule has 0 amide bonds. The molecular formula is C35H41ClF3N5O4. The van der Waals surface area contributed by atoms with Gasteiger partial charge in [0.25, 0.3) is 0 Å². The Morgan fingerprint density at radius 2 is 1.60 bits per heavy atom. The molecule has 9 nitrogen and oxygen atoms in total. The number of anilines is 1. The molecule has 1 aliphatic heterocycles. The van der Waals surface area contributed by atoms with Gasteiger partial charge in [0.1, 0.15) is 17.1 Å². The first-order valence-corrected chi connectivity index (χ1v) is 16.4. The summed E-state index contributed by atoms with van der Waals surface area (Å²) in [6.07, 6.45) is 3.99. The molecule has 2 N–H and O–H groups in total. The van der Waals surface area contributed by atoms with Gasteiger partial charge in [-0.25, -0.2) is 9.78 Å². The molecule has 1 saturated carbocycles. The fourth-order valence-electron chi connectivity index (χ4n) is 6.32. The van der Waals surface area contributed by atoms with E-state index in [9.17, 15) is 13.2 Å². The number of carbonyl (C=O) groups is 1. The van der Waals surface area contributed by atoms with Gasteiger partial charge >= 0.3 is 12.1 Å². The number of methoxy groups -OCH3 is 2. The highest BCUT2D eigenvalue weighted by molar-refractivity contribution is 6.32. The predicted octanol–water partition coefficient (Wildman–Crippen LogP) is 7.09. The monoisotopic (exact) mass is 687 g/mol. The summed E-state index contributed by atoms with van der Waals surface area (Å²) in [5.41, 5.74) is 5.07. The maximum absolute atomic E-state index is 10.6. The summed E-state index contributed by atoms with van der Waals surface area (Å²) < 4.78 is 44.7. The van der Waals surface area contributed by atoms with Crippen molar-refractivity contribution in [3.05, 3.63) is 77.6 Å². The lowest BCUT2D eigenvalue weighted by atomic mass is 9.85. The number of imidazole rings is 1. The van der Waals surface area contributed by atoms with Crippen LogP contribution in [0.25, 0.3) is 16.9 Å². The quantitative estimate of drug-likeness (QED) is 0.193. The molecular weight excluding hydrogens is 647 g/mol. The van der Waals surface area contributed by atoms with E-state index in [1.54, 1.807) is 20.3 Å². The number of benzene rings is 2. The number of alkyl halides is 3. The van der Waals surface area contributed by atoms with E-state index in [0.717, 1.165) is 35.1 Å². The summed E-state index contributed by atoms with van der Waals surface area (Å²) in [7, 11) is 3.24. The zero-order chi connectivity index (χ0) is 34.3. The van der Waals surface area contributed by atoms with Gasteiger partial charge in [0, 0.05) is 81.1 Å². The second-order valence-electron chi connectivity index (χ2n) is 12.2. The first-order valence-electron chi connectivity index (χ1n) is 16.0. The third-order valence-corrected chi connectivity index (χ3v) is 9.20. The number of aliphatic carboxylic acids is 1. The van der Waals surface area contributed by atoms with Crippen molar-refractivity contribution in [2.45, 2.75) is 44.4 Å². The second kappa shape index (κ2) is 15.9. The number of nitrogens with one attached hydrogen (secondary N) is 1. The van der Waals surface area contributed by atoms with Crippen LogP contribution in [0.5, 0.6) is 11.5 Å². The molecule has 0 unspecified atom stereocenters. The van der Waals surface area contributed by atoms with E-state index in [2.05, 4.69) is 63.8 Å². The Bertz CT molecular complexity index is 1650. The number of piperazine rings is 1. The number of ether oxygens (including phenoxy) is 2. The van der Waals surface area contributed by atoms with Gasteiger partial charge in [0.05, 0.1) is 24.9 Å². The maximum Gasteiger partial charge on any atom is 0.490 e. The SMILES string of the molecule is COc1cc(OC)c(-c2cn3ccc(NC4CCC(CN5CCN(Cc6ccccc6)CC5)CC4)cc3n2)cc1Cl.O=C(O)C(F)(F)F. The lowest BCUT2D eigenvalue weighted by Gasteiger charge is -2.38. The zero-order valence-corrected chi connectivity index (χ0v) is 27.8. The van der Waals surface area contributed by atoms with Crippen molar-refractivity contribution < 1.29 is 32.5 Å². The van der Waals surface area contributed by atoms with Crippen LogP contribution in [0.1, 0.15) is 31.2 Å². The van der Waals surface area contributed by atoms with Gasteiger partial charge in [-0.05, 0) is 49.3 Å².